The molecular weight excluding hydrogens is 202 g/mol. The van der Waals surface area contributed by atoms with Crippen LogP contribution in [0, 0.1) is 6.92 Å². The zero-order valence-electron chi connectivity index (χ0n) is 9.95. The molecule has 0 aromatic carbocycles. The summed E-state index contributed by atoms with van der Waals surface area (Å²) in [4.78, 5) is 19.6. The third-order valence-corrected chi connectivity index (χ3v) is 2.31. The monoisotopic (exact) mass is 219 g/mol. The second kappa shape index (κ2) is 6.00. The number of carbonyl (C=O) groups is 1. The Balaban J connectivity index is 2.44. The summed E-state index contributed by atoms with van der Waals surface area (Å²) in [7, 11) is 0. The number of hydrogen-bond acceptors (Lipinski definition) is 3. The Morgan fingerprint density at radius 2 is 2.19 bits per heavy atom. The SMILES string of the molecule is C/C=C(\C)CCNC(=O)c1cnc(C)cn1. The Morgan fingerprint density at radius 3 is 2.75 bits per heavy atom. The minimum atomic E-state index is -0.170. The molecule has 0 aliphatic carbocycles. The third-order valence-electron chi connectivity index (χ3n) is 2.31. The number of nitrogens with zero attached hydrogens (tertiary/aromatic N) is 2. The van der Waals surface area contributed by atoms with E-state index in [1.54, 1.807) is 6.20 Å². The number of rotatable bonds is 4. The van der Waals surface area contributed by atoms with Gasteiger partial charge in [-0.25, -0.2) is 4.98 Å². The summed E-state index contributed by atoms with van der Waals surface area (Å²) in [5.74, 6) is -0.170. The summed E-state index contributed by atoms with van der Waals surface area (Å²) in [5.41, 5.74) is 2.43. The Morgan fingerprint density at radius 1 is 1.44 bits per heavy atom. The zero-order chi connectivity index (χ0) is 12.0. The maximum Gasteiger partial charge on any atom is 0.271 e. The van der Waals surface area contributed by atoms with Crippen LogP contribution in [0.15, 0.2) is 24.0 Å². The van der Waals surface area contributed by atoms with Gasteiger partial charge in [0.25, 0.3) is 5.91 Å². The van der Waals surface area contributed by atoms with Crippen LogP contribution in [0.4, 0.5) is 0 Å². The fraction of sp³-hybridized carbons (Fsp3) is 0.417. The first kappa shape index (κ1) is 12.4. The Hall–Kier alpha value is -1.71. The molecule has 0 radical (unpaired) electrons. The first-order valence-electron chi connectivity index (χ1n) is 5.32. The summed E-state index contributed by atoms with van der Waals surface area (Å²) >= 11 is 0. The molecule has 0 atom stereocenters. The van der Waals surface area contributed by atoms with E-state index in [1.807, 2.05) is 26.8 Å². The van der Waals surface area contributed by atoms with Crippen LogP contribution >= 0.6 is 0 Å². The molecule has 0 saturated carbocycles. The predicted octanol–water partition coefficient (Wildman–Crippen LogP) is 1.87. The van der Waals surface area contributed by atoms with Crippen LogP contribution in [0.5, 0.6) is 0 Å². The van der Waals surface area contributed by atoms with Crippen LogP contribution in [-0.2, 0) is 0 Å². The highest BCUT2D eigenvalue weighted by molar-refractivity contribution is 5.91. The van der Waals surface area contributed by atoms with Crippen molar-refractivity contribution in [3.05, 3.63) is 35.4 Å². The van der Waals surface area contributed by atoms with E-state index in [4.69, 9.17) is 0 Å². The van der Waals surface area contributed by atoms with Crippen molar-refractivity contribution < 1.29 is 4.79 Å². The molecule has 0 fully saturated rings. The van der Waals surface area contributed by atoms with Gasteiger partial charge in [-0.05, 0) is 27.2 Å². The van der Waals surface area contributed by atoms with Gasteiger partial charge in [-0.15, -0.1) is 0 Å². The highest BCUT2D eigenvalue weighted by Crippen LogP contribution is 1.98. The van der Waals surface area contributed by atoms with Crippen molar-refractivity contribution in [2.75, 3.05) is 6.54 Å². The van der Waals surface area contributed by atoms with Crippen molar-refractivity contribution in [2.45, 2.75) is 27.2 Å². The van der Waals surface area contributed by atoms with E-state index in [0.717, 1.165) is 12.1 Å². The summed E-state index contributed by atoms with van der Waals surface area (Å²) in [6.45, 7) is 6.50. The standard InChI is InChI=1S/C12H17N3O/c1-4-9(2)5-6-13-12(16)11-8-14-10(3)7-15-11/h4,7-8H,5-6H2,1-3H3,(H,13,16)/b9-4+. The summed E-state index contributed by atoms with van der Waals surface area (Å²) < 4.78 is 0. The molecule has 0 aliphatic rings. The molecule has 1 N–H and O–H groups in total. The molecule has 4 heteroatoms. The molecule has 0 aliphatic heterocycles. The van der Waals surface area contributed by atoms with Gasteiger partial charge in [-0.3, -0.25) is 9.78 Å². The molecule has 1 rings (SSSR count). The molecule has 86 valence electrons. The van der Waals surface area contributed by atoms with E-state index >= 15 is 0 Å². The van der Waals surface area contributed by atoms with Gasteiger partial charge in [0.2, 0.25) is 0 Å². The zero-order valence-corrected chi connectivity index (χ0v) is 9.95. The Bertz CT molecular complexity index is 382. The van der Waals surface area contributed by atoms with Gasteiger partial charge >= 0.3 is 0 Å². The van der Waals surface area contributed by atoms with E-state index < -0.39 is 0 Å². The molecule has 0 saturated heterocycles. The van der Waals surface area contributed by atoms with E-state index in [2.05, 4.69) is 15.3 Å². The number of hydrogen-bond donors (Lipinski definition) is 1. The molecule has 0 spiro atoms. The average Bonchev–Trinajstić information content (AvgIpc) is 2.29. The van der Waals surface area contributed by atoms with E-state index in [0.29, 0.717) is 12.2 Å². The molecule has 4 nitrogen and oxygen atoms in total. The molecule has 0 bridgehead atoms. The van der Waals surface area contributed by atoms with Crippen molar-refractivity contribution >= 4 is 5.91 Å². The molecular formula is C12H17N3O. The maximum atomic E-state index is 11.6. The average molecular weight is 219 g/mol. The van der Waals surface area contributed by atoms with Crippen molar-refractivity contribution in [2.24, 2.45) is 0 Å². The minimum absolute atomic E-state index is 0.170. The van der Waals surface area contributed by atoms with Crippen molar-refractivity contribution in [1.82, 2.24) is 15.3 Å². The molecule has 1 heterocycles. The number of aryl methyl sites for hydroxylation is 1. The van der Waals surface area contributed by atoms with Gasteiger partial charge in [0, 0.05) is 12.7 Å². The molecule has 1 aromatic rings. The second-order valence-electron chi connectivity index (χ2n) is 3.68. The van der Waals surface area contributed by atoms with Gasteiger partial charge < -0.3 is 5.32 Å². The van der Waals surface area contributed by atoms with Crippen LogP contribution in [-0.4, -0.2) is 22.4 Å². The van der Waals surface area contributed by atoms with Crippen LogP contribution in [0.3, 0.4) is 0 Å². The lowest BCUT2D eigenvalue weighted by molar-refractivity contribution is 0.0948. The molecule has 1 aromatic heterocycles. The quantitative estimate of drug-likeness (QED) is 0.786. The van der Waals surface area contributed by atoms with Gasteiger partial charge in [0.1, 0.15) is 5.69 Å². The normalized spacial score (nSPS) is 11.3. The summed E-state index contributed by atoms with van der Waals surface area (Å²) in [6, 6.07) is 0. The van der Waals surface area contributed by atoms with Gasteiger partial charge in [0.05, 0.1) is 11.9 Å². The number of amides is 1. The van der Waals surface area contributed by atoms with Crippen LogP contribution in [0.25, 0.3) is 0 Å². The molecule has 0 unspecified atom stereocenters. The predicted molar refractivity (Wildman–Crippen MR) is 63.2 cm³/mol. The smallest absolute Gasteiger partial charge is 0.271 e. The largest absolute Gasteiger partial charge is 0.350 e. The van der Waals surface area contributed by atoms with Crippen molar-refractivity contribution in [3.63, 3.8) is 0 Å². The fourth-order valence-electron chi connectivity index (χ4n) is 1.12. The van der Waals surface area contributed by atoms with Gasteiger partial charge in [0.15, 0.2) is 0 Å². The fourth-order valence-corrected chi connectivity index (χ4v) is 1.12. The lowest BCUT2D eigenvalue weighted by Crippen LogP contribution is -2.25. The Labute approximate surface area is 95.8 Å². The Kier molecular flexibility index (Phi) is 4.64. The van der Waals surface area contributed by atoms with Gasteiger partial charge in [-0.2, -0.15) is 0 Å². The second-order valence-corrected chi connectivity index (χ2v) is 3.68. The molecule has 1 amide bonds. The maximum absolute atomic E-state index is 11.6. The lowest BCUT2D eigenvalue weighted by atomic mass is 10.2. The van der Waals surface area contributed by atoms with Crippen LogP contribution in [0.2, 0.25) is 0 Å². The summed E-state index contributed by atoms with van der Waals surface area (Å²) in [5, 5.41) is 2.80. The van der Waals surface area contributed by atoms with Crippen LogP contribution < -0.4 is 5.32 Å². The van der Waals surface area contributed by atoms with Crippen molar-refractivity contribution in [1.29, 1.82) is 0 Å². The highest BCUT2D eigenvalue weighted by atomic mass is 16.1. The third kappa shape index (κ3) is 3.81. The first-order chi connectivity index (χ1) is 7.63. The minimum Gasteiger partial charge on any atom is -0.350 e. The van der Waals surface area contributed by atoms with E-state index in [-0.39, 0.29) is 5.91 Å². The van der Waals surface area contributed by atoms with Gasteiger partial charge in [-0.1, -0.05) is 11.6 Å². The van der Waals surface area contributed by atoms with E-state index in [1.165, 1.54) is 11.8 Å². The number of allylic oxidation sites excluding steroid dienone is 1. The summed E-state index contributed by atoms with van der Waals surface area (Å²) in [6.07, 6.45) is 5.98. The number of carbonyl (C=O) groups excluding carboxylic acids is 1. The number of aromatic nitrogens is 2. The van der Waals surface area contributed by atoms with Crippen molar-refractivity contribution in [3.8, 4) is 0 Å². The van der Waals surface area contributed by atoms with E-state index in [9.17, 15) is 4.79 Å². The van der Waals surface area contributed by atoms with Crippen LogP contribution in [0.1, 0.15) is 36.5 Å². The highest BCUT2D eigenvalue weighted by Gasteiger charge is 2.05. The molecule has 16 heavy (non-hydrogen) atoms. The lowest BCUT2D eigenvalue weighted by Gasteiger charge is -2.04. The number of nitrogens with one attached hydrogen (secondary N) is 1. The topological polar surface area (TPSA) is 54.9 Å². The first-order valence-corrected chi connectivity index (χ1v) is 5.32.